The van der Waals surface area contributed by atoms with Crippen molar-refractivity contribution in [3.8, 4) is 0 Å². The molecule has 0 amide bonds. The quantitative estimate of drug-likeness (QED) is 0.575. The highest BCUT2D eigenvalue weighted by molar-refractivity contribution is 7.80. The maximum Gasteiger partial charge on any atom is 0.173 e. The van der Waals surface area contributed by atoms with E-state index in [1.807, 2.05) is 0 Å². The van der Waals surface area contributed by atoms with Gasteiger partial charge in [0.25, 0.3) is 0 Å². The van der Waals surface area contributed by atoms with E-state index in [1.165, 1.54) is 22.3 Å². The predicted molar refractivity (Wildman–Crippen MR) is 121 cm³/mol. The van der Waals surface area contributed by atoms with Crippen molar-refractivity contribution in [3.63, 3.8) is 0 Å². The van der Waals surface area contributed by atoms with Gasteiger partial charge in [0.1, 0.15) is 5.82 Å². The van der Waals surface area contributed by atoms with Crippen LogP contribution in [0.25, 0.3) is 11.0 Å². The van der Waals surface area contributed by atoms with E-state index in [1.54, 1.807) is 0 Å². The molecule has 2 N–H and O–H groups in total. The largest absolute Gasteiger partial charge is 0.348 e. The Bertz CT molecular complexity index is 998. The van der Waals surface area contributed by atoms with Gasteiger partial charge in [-0.25, -0.2) is 4.98 Å². The molecular weight excluding hydrogens is 364 g/mol. The SMILES string of the molecule is Cc1cc2nc([C@@H]3CCCN(C(=S)Nc4cccc(C)c4C)C3)[nH]c2cc1C. The summed E-state index contributed by atoms with van der Waals surface area (Å²) in [6.45, 7) is 10.4. The number of nitrogens with one attached hydrogen (secondary N) is 2. The van der Waals surface area contributed by atoms with Gasteiger partial charge in [-0.3, -0.25) is 0 Å². The highest BCUT2D eigenvalue weighted by Crippen LogP contribution is 2.28. The zero-order valence-corrected chi connectivity index (χ0v) is 17.9. The molecule has 0 aliphatic carbocycles. The van der Waals surface area contributed by atoms with Gasteiger partial charge in [0.15, 0.2) is 5.11 Å². The van der Waals surface area contributed by atoms with Crippen molar-refractivity contribution in [1.29, 1.82) is 0 Å². The van der Waals surface area contributed by atoms with Crippen molar-refractivity contribution < 1.29 is 0 Å². The van der Waals surface area contributed by atoms with Crippen molar-refractivity contribution in [1.82, 2.24) is 14.9 Å². The highest BCUT2D eigenvalue weighted by Gasteiger charge is 2.25. The summed E-state index contributed by atoms with van der Waals surface area (Å²) < 4.78 is 0. The molecule has 1 aromatic heterocycles. The minimum Gasteiger partial charge on any atom is -0.348 e. The first kappa shape index (κ1) is 18.9. The number of H-pyrrole nitrogens is 1. The summed E-state index contributed by atoms with van der Waals surface area (Å²) in [5.41, 5.74) is 8.40. The Balaban J connectivity index is 1.51. The molecule has 146 valence electrons. The van der Waals surface area contributed by atoms with Gasteiger partial charge in [-0.1, -0.05) is 12.1 Å². The number of hydrogen-bond acceptors (Lipinski definition) is 2. The van der Waals surface area contributed by atoms with E-state index in [4.69, 9.17) is 17.2 Å². The van der Waals surface area contributed by atoms with Crippen LogP contribution in [0.4, 0.5) is 5.69 Å². The van der Waals surface area contributed by atoms with Crippen LogP contribution in [-0.2, 0) is 0 Å². The van der Waals surface area contributed by atoms with Gasteiger partial charge in [0.2, 0.25) is 0 Å². The van der Waals surface area contributed by atoms with E-state index in [9.17, 15) is 0 Å². The standard InChI is InChI=1S/C23H28N4S/c1-14-7-5-9-19(17(14)4)26-23(28)27-10-6-8-18(13-27)22-24-20-11-15(2)16(3)12-21(20)25-22/h5,7,9,11-12,18H,6,8,10,13H2,1-4H3,(H,24,25)(H,26,28)/t18-/m1/s1. The van der Waals surface area contributed by atoms with E-state index < -0.39 is 0 Å². The second-order valence-electron chi connectivity index (χ2n) is 8.04. The van der Waals surface area contributed by atoms with Crippen LogP contribution < -0.4 is 5.32 Å². The van der Waals surface area contributed by atoms with E-state index >= 15 is 0 Å². The second kappa shape index (κ2) is 7.55. The molecule has 2 heterocycles. The topological polar surface area (TPSA) is 44.0 Å². The average Bonchev–Trinajstić information content (AvgIpc) is 3.08. The Hall–Kier alpha value is -2.40. The Morgan fingerprint density at radius 2 is 1.93 bits per heavy atom. The molecule has 1 aliphatic heterocycles. The molecule has 28 heavy (non-hydrogen) atoms. The van der Waals surface area contributed by atoms with Crippen LogP contribution in [0.2, 0.25) is 0 Å². The lowest BCUT2D eigenvalue weighted by atomic mass is 9.98. The zero-order chi connectivity index (χ0) is 19.8. The molecule has 0 radical (unpaired) electrons. The fourth-order valence-corrected chi connectivity index (χ4v) is 4.22. The van der Waals surface area contributed by atoms with Crippen LogP contribution in [0.5, 0.6) is 0 Å². The number of nitrogens with zero attached hydrogens (tertiary/aromatic N) is 2. The molecule has 0 spiro atoms. The monoisotopic (exact) mass is 392 g/mol. The lowest BCUT2D eigenvalue weighted by molar-refractivity contribution is 0.307. The number of likely N-dealkylation sites (tertiary alicyclic amines) is 1. The van der Waals surface area contributed by atoms with Gasteiger partial charge >= 0.3 is 0 Å². The maximum absolute atomic E-state index is 5.74. The molecule has 4 nitrogen and oxygen atoms in total. The van der Waals surface area contributed by atoms with E-state index in [-0.39, 0.29) is 0 Å². The normalized spacial score (nSPS) is 17.1. The molecule has 1 atom stereocenters. The van der Waals surface area contributed by atoms with Gasteiger partial charge in [-0.15, -0.1) is 0 Å². The molecule has 1 saturated heterocycles. The van der Waals surface area contributed by atoms with Gasteiger partial charge in [-0.05, 0) is 93.2 Å². The highest BCUT2D eigenvalue weighted by atomic mass is 32.1. The molecule has 3 aromatic rings. The molecule has 0 saturated carbocycles. The molecule has 0 unspecified atom stereocenters. The third kappa shape index (κ3) is 3.63. The van der Waals surface area contributed by atoms with E-state index in [2.05, 4.69) is 73.2 Å². The van der Waals surface area contributed by atoms with Crippen LogP contribution >= 0.6 is 12.2 Å². The van der Waals surface area contributed by atoms with Crippen LogP contribution in [-0.4, -0.2) is 33.1 Å². The number of imidazole rings is 1. The Morgan fingerprint density at radius 3 is 2.75 bits per heavy atom. The molecular formula is C23H28N4S. The number of aryl methyl sites for hydroxylation is 3. The Kier molecular flexibility index (Phi) is 5.11. The predicted octanol–water partition coefficient (Wildman–Crippen LogP) is 5.37. The number of aromatic nitrogens is 2. The molecule has 2 aromatic carbocycles. The fourth-order valence-electron chi connectivity index (χ4n) is 3.95. The number of aromatic amines is 1. The summed E-state index contributed by atoms with van der Waals surface area (Å²) in [5.74, 6) is 1.46. The summed E-state index contributed by atoms with van der Waals surface area (Å²) in [5, 5.41) is 4.27. The lowest BCUT2D eigenvalue weighted by Gasteiger charge is -2.34. The van der Waals surface area contributed by atoms with Crippen molar-refractivity contribution in [2.24, 2.45) is 0 Å². The first-order valence-electron chi connectivity index (χ1n) is 10.0. The number of fused-ring (bicyclic) bond motifs is 1. The van der Waals surface area contributed by atoms with Gasteiger partial charge in [0, 0.05) is 24.7 Å². The average molecular weight is 393 g/mol. The second-order valence-corrected chi connectivity index (χ2v) is 8.43. The van der Waals surface area contributed by atoms with Crippen molar-refractivity contribution in [3.05, 3.63) is 58.4 Å². The summed E-state index contributed by atoms with van der Waals surface area (Å²) >= 11 is 5.74. The molecule has 1 fully saturated rings. The number of hydrogen-bond donors (Lipinski definition) is 2. The van der Waals surface area contributed by atoms with Crippen LogP contribution in [0.15, 0.2) is 30.3 Å². The Morgan fingerprint density at radius 1 is 1.14 bits per heavy atom. The molecule has 1 aliphatic rings. The first-order chi connectivity index (χ1) is 13.4. The zero-order valence-electron chi connectivity index (χ0n) is 17.1. The third-order valence-corrected chi connectivity index (χ3v) is 6.42. The van der Waals surface area contributed by atoms with Crippen LogP contribution in [0, 0.1) is 27.7 Å². The minimum atomic E-state index is 0.375. The van der Waals surface area contributed by atoms with Crippen LogP contribution in [0.1, 0.15) is 46.8 Å². The number of rotatable bonds is 2. The summed E-state index contributed by atoms with van der Waals surface area (Å²) in [7, 11) is 0. The van der Waals surface area contributed by atoms with Gasteiger partial charge in [-0.2, -0.15) is 0 Å². The molecule has 4 rings (SSSR count). The number of thiocarbonyl (C=S) groups is 1. The maximum atomic E-state index is 5.74. The smallest absolute Gasteiger partial charge is 0.173 e. The number of benzene rings is 2. The van der Waals surface area contributed by atoms with Crippen molar-refractivity contribution in [2.75, 3.05) is 18.4 Å². The first-order valence-corrected chi connectivity index (χ1v) is 10.4. The van der Waals surface area contributed by atoms with Gasteiger partial charge < -0.3 is 15.2 Å². The van der Waals surface area contributed by atoms with Crippen LogP contribution in [0.3, 0.4) is 0 Å². The third-order valence-electron chi connectivity index (χ3n) is 6.06. The minimum absolute atomic E-state index is 0.375. The lowest BCUT2D eigenvalue weighted by Crippen LogP contribution is -2.41. The molecule has 5 heteroatoms. The van der Waals surface area contributed by atoms with E-state index in [0.29, 0.717) is 5.92 Å². The summed E-state index contributed by atoms with van der Waals surface area (Å²) in [6.07, 6.45) is 2.26. The number of piperidine rings is 1. The fraction of sp³-hybridized carbons (Fsp3) is 0.391. The van der Waals surface area contributed by atoms with Crippen molar-refractivity contribution >= 4 is 34.1 Å². The summed E-state index contributed by atoms with van der Waals surface area (Å²) in [4.78, 5) is 10.7. The van der Waals surface area contributed by atoms with Crippen molar-refractivity contribution in [2.45, 2.75) is 46.5 Å². The Labute approximate surface area is 172 Å². The van der Waals surface area contributed by atoms with E-state index in [0.717, 1.165) is 53.6 Å². The number of anilines is 1. The molecule has 0 bridgehead atoms. The van der Waals surface area contributed by atoms with Gasteiger partial charge in [0.05, 0.1) is 11.0 Å². The summed E-state index contributed by atoms with van der Waals surface area (Å²) in [6, 6.07) is 10.7.